The second-order valence-electron chi connectivity index (χ2n) is 2.67. The fourth-order valence-electron chi connectivity index (χ4n) is 1.22. The number of halogens is 1. The number of hydrogen-bond acceptors (Lipinski definition) is 3. The van der Waals surface area contributed by atoms with E-state index in [0.717, 1.165) is 6.42 Å². The molecule has 2 unspecified atom stereocenters. The van der Waals surface area contributed by atoms with Crippen molar-refractivity contribution in [3.63, 3.8) is 0 Å². The van der Waals surface area contributed by atoms with Crippen LogP contribution < -0.4 is 0 Å². The molecular weight excluding hydrogens is 156 g/mol. The van der Waals surface area contributed by atoms with E-state index in [1.807, 2.05) is 0 Å². The summed E-state index contributed by atoms with van der Waals surface area (Å²) in [4.78, 5) is 0. The summed E-state index contributed by atoms with van der Waals surface area (Å²) < 4.78 is 0. The number of hydrogen-bond donors (Lipinski definition) is 3. The van der Waals surface area contributed by atoms with Crippen molar-refractivity contribution in [1.82, 2.24) is 0 Å². The fraction of sp³-hybridized carbons (Fsp3) is 1.00. The topological polar surface area (TPSA) is 60.7 Å². The van der Waals surface area contributed by atoms with E-state index >= 15 is 0 Å². The average molecular weight is 169 g/mol. The highest BCUT2D eigenvalue weighted by Gasteiger charge is 2.39. The van der Waals surface area contributed by atoms with E-state index in [1.54, 1.807) is 0 Å². The Morgan fingerprint density at radius 2 is 2.10 bits per heavy atom. The van der Waals surface area contributed by atoms with Crippen molar-refractivity contribution >= 4 is 12.4 Å². The van der Waals surface area contributed by atoms with Crippen LogP contribution in [-0.2, 0) is 0 Å². The number of rotatable bonds is 1. The predicted molar refractivity (Wildman–Crippen MR) is 39.1 cm³/mol. The smallest absolute Gasteiger partial charge is 0.113 e. The van der Waals surface area contributed by atoms with Gasteiger partial charge in [-0.1, -0.05) is 0 Å². The van der Waals surface area contributed by atoms with Crippen molar-refractivity contribution in [2.45, 2.75) is 31.0 Å². The molecule has 1 aliphatic rings. The third-order valence-electron chi connectivity index (χ3n) is 1.98. The van der Waals surface area contributed by atoms with Gasteiger partial charge in [0.2, 0.25) is 0 Å². The highest BCUT2D eigenvalue weighted by Crippen LogP contribution is 2.28. The minimum atomic E-state index is -1.19. The zero-order valence-corrected chi connectivity index (χ0v) is 6.47. The lowest BCUT2D eigenvalue weighted by Crippen LogP contribution is -2.40. The molecule has 3 nitrogen and oxygen atoms in total. The van der Waals surface area contributed by atoms with Crippen molar-refractivity contribution in [1.29, 1.82) is 0 Å². The molecule has 0 radical (unpaired) electrons. The zero-order valence-electron chi connectivity index (χ0n) is 5.66. The molecule has 0 aliphatic heterocycles. The predicted octanol–water partition coefficient (Wildman–Crippen LogP) is -0.324. The maximum Gasteiger partial charge on any atom is 0.113 e. The first-order valence-electron chi connectivity index (χ1n) is 3.20. The molecule has 3 N–H and O–H groups in total. The van der Waals surface area contributed by atoms with Crippen LogP contribution in [0.5, 0.6) is 0 Å². The molecular formula is C6H13ClO3. The quantitative estimate of drug-likeness (QED) is 0.503. The molecule has 62 valence electrons. The molecule has 1 aliphatic carbocycles. The van der Waals surface area contributed by atoms with Crippen molar-refractivity contribution in [2.75, 3.05) is 6.61 Å². The minimum absolute atomic E-state index is 0. The number of aliphatic hydroxyl groups excluding tert-OH is 2. The SMILES string of the molecule is Cl.OCC1(O)CCCC1O. The summed E-state index contributed by atoms with van der Waals surface area (Å²) in [6.07, 6.45) is 1.21. The van der Waals surface area contributed by atoms with E-state index < -0.39 is 11.7 Å². The summed E-state index contributed by atoms with van der Waals surface area (Å²) in [5, 5.41) is 26.9. The molecule has 0 aromatic carbocycles. The highest BCUT2D eigenvalue weighted by atomic mass is 35.5. The summed E-state index contributed by atoms with van der Waals surface area (Å²) in [5.41, 5.74) is -1.19. The van der Waals surface area contributed by atoms with Gasteiger partial charge in [0.1, 0.15) is 5.60 Å². The highest BCUT2D eigenvalue weighted by molar-refractivity contribution is 5.85. The largest absolute Gasteiger partial charge is 0.393 e. The first kappa shape index (κ1) is 10.2. The van der Waals surface area contributed by atoms with E-state index in [2.05, 4.69) is 0 Å². The Morgan fingerprint density at radius 1 is 1.50 bits per heavy atom. The average Bonchev–Trinajstić information content (AvgIpc) is 2.15. The van der Waals surface area contributed by atoms with Gasteiger partial charge in [0.15, 0.2) is 0 Å². The molecule has 0 aromatic heterocycles. The molecule has 1 fully saturated rings. The summed E-state index contributed by atoms with van der Waals surface area (Å²) in [5.74, 6) is 0. The molecule has 0 bridgehead atoms. The van der Waals surface area contributed by atoms with Crippen LogP contribution in [0.2, 0.25) is 0 Å². The van der Waals surface area contributed by atoms with Crippen LogP contribution in [0.4, 0.5) is 0 Å². The van der Waals surface area contributed by atoms with Crippen LogP contribution >= 0.6 is 12.4 Å². The normalized spacial score (nSPS) is 39.3. The molecule has 0 aromatic rings. The van der Waals surface area contributed by atoms with E-state index in [4.69, 9.17) is 10.2 Å². The Labute approximate surface area is 66.1 Å². The first-order chi connectivity index (χ1) is 4.19. The van der Waals surface area contributed by atoms with Gasteiger partial charge in [0.05, 0.1) is 12.7 Å². The maximum absolute atomic E-state index is 9.27. The van der Waals surface area contributed by atoms with Crippen LogP contribution in [-0.4, -0.2) is 33.6 Å². The third kappa shape index (κ3) is 1.61. The van der Waals surface area contributed by atoms with Gasteiger partial charge < -0.3 is 15.3 Å². The summed E-state index contributed by atoms with van der Waals surface area (Å²) in [6, 6.07) is 0. The fourth-order valence-corrected chi connectivity index (χ4v) is 1.22. The Morgan fingerprint density at radius 3 is 2.30 bits per heavy atom. The van der Waals surface area contributed by atoms with Crippen LogP contribution in [0, 0.1) is 0 Å². The van der Waals surface area contributed by atoms with Gasteiger partial charge in [-0.25, -0.2) is 0 Å². The van der Waals surface area contributed by atoms with Crippen molar-refractivity contribution in [3.05, 3.63) is 0 Å². The molecule has 4 heteroatoms. The third-order valence-corrected chi connectivity index (χ3v) is 1.98. The summed E-state index contributed by atoms with van der Waals surface area (Å²) >= 11 is 0. The van der Waals surface area contributed by atoms with Gasteiger partial charge in [-0.2, -0.15) is 0 Å². The summed E-state index contributed by atoms with van der Waals surface area (Å²) in [7, 11) is 0. The molecule has 1 rings (SSSR count). The van der Waals surface area contributed by atoms with Crippen LogP contribution in [0.25, 0.3) is 0 Å². The van der Waals surface area contributed by atoms with Gasteiger partial charge in [-0.15, -0.1) is 12.4 Å². The molecule has 0 spiro atoms. The lowest BCUT2D eigenvalue weighted by atomic mass is 10.0. The van der Waals surface area contributed by atoms with Gasteiger partial charge >= 0.3 is 0 Å². The lowest BCUT2D eigenvalue weighted by Gasteiger charge is -2.22. The van der Waals surface area contributed by atoms with Crippen molar-refractivity contribution < 1.29 is 15.3 Å². The van der Waals surface area contributed by atoms with E-state index in [0.29, 0.717) is 12.8 Å². The van der Waals surface area contributed by atoms with Gasteiger partial charge in [-0.05, 0) is 19.3 Å². The lowest BCUT2D eigenvalue weighted by molar-refractivity contribution is -0.0851. The van der Waals surface area contributed by atoms with Crippen molar-refractivity contribution in [2.24, 2.45) is 0 Å². The monoisotopic (exact) mass is 168 g/mol. The van der Waals surface area contributed by atoms with Gasteiger partial charge in [0.25, 0.3) is 0 Å². The Balaban J connectivity index is 0.000000810. The molecule has 2 atom stereocenters. The van der Waals surface area contributed by atoms with Gasteiger partial charge in [-0.3, -0.25) is 0 Å². The standard InChI is InChI=1S/C6H12O3.ClH/c7-4-6(9)3-1-2-5(6)8;/h5,7-9H,1-4H2;1H. The Hall–Kier alpha value is 0.170. The van der Waals surface area contributed by atoms with E-state index in [-0.39, 0.29) is 19.0 Å². The minimum Gasteiger partial charge on any atom is -0.393 e. The first-order valence-corrected chi connectivity index (χ1v) is 3.20. The second-order valence-corrected chi connectivity index (χ2v) is 2.67. The van der Waals surface area contributed by atoms with Crippen LogP contribution in [0.1, 0.15) is 19.3 Å². The second kappa shape index (κ2) is 3.53. The van der Waals surface area contributed by atoms with Gasteiger partial charge in [0, 0.05) is 0 Å². The Bertz CT molecular complexity index is 109. The Kier molecular flexibility index (Phi) is 3.59. The van der Waals surface area contributed by atoms with E-state index in [9.17, 15) is 5.11 Å². The summed E-state index contributed by atoms with van der Waals surface area (Å²) in [6.45, 7) is -0.325. The maximum atomic E-state index is 9.27. The van der Waals surface area contributed by atoms with Crippen molar-refractivity contribution in [3.8, 4) is 0 Å². The van der Waals surface area contributed by atoms with Crippen LogP contribution in [0.15, 0.2) is 0 Å². The molecule has 0 amide bonds. The van der Waals surface area contributed by atoms with Crippen LogP contribution in [0.3, 0.4) is 0 Å². The zero-order chi connectivity index (χ0) is 6.91. The molecule has 0 heterocycles. The molecule has 1 saturated carbocycles. The molecule has 10 heavy (non-hydrogen) atoms. The number of aliphatic hydroxyl groups is 3. The van der Waals surface area contributed by atoms with E-state index in [1.165, 1.54) is 0 Å². The molecule has 0 saturated heterocycles.